The Morgan fingerprint density at radius 3 is 2.88 bits per heavy atom. The fraction of sp³-hybridized carbons (Fsp3) is 0.474. The Morgan fingerprint density at radius 2 is 2.19 bits per heavy atom. The number of carbonyl (C=O) groups is 1. The topological polar surface area (TPSA) is 77.6 Å². The highest BCUT2D eigenvalue weighted by atomic mass is 16.1. The van der Waals surface area contributed by atoms with Crippen LogP contribution in [-0.2, 0) is 13.6 Å². The smallest absolute Gasteiger partial charge is 0.252 e. The van der Waals surface area contributed by atoms with Gasteiger partial charge in [-0.05, 0) is 37.8 Å². The molecular formula is C19H24N6O. The highest BCUT2D eigenvalue weighted by molar-refractivity contribution is 6.05. The Kier molecular flexibility index (Phi) is 4.22. The number of pyridine rings is 1. The molecule has 0 aromatic carbocycles. The lowest BCUT2D eigenvalue weighted by Gasteiger charge is -2.14. The number of fused-ring (bicyclic) bond motifs is 1. The molecular weight excluding hydrogens is 328 g/mol. The Morgan fingerprint density at radius 1 is 1.38 bits per heavy atom. The predicted octanol–water partition coefficient (Wildman–Crippen LogP) is 2.42. The zero-order chi connectivity index (χ0) is 18.3. The third kappa shape index (κ3) is 3.21. The van der Waals surface area contributed by atoms with Crippen LogP contribution in [-0.4, -0.2) is 37.0 Å². The van der Waals surface area contributed by atoms with Gasteiger partial charge in [0.25, 0.3) is 5.91 Å². The first-order valence-corrected chi connectivity index (χ1v) is 9.12. The first-order chi connectivity index (χ1) is 12.5. The van der Waals surface area contributed by atoms with Crippen molar-refractivity contribution in [1.29, 1.82) is 0 Å². The van der Waals surface area contributed by atoms with E-state index in [9.17, 15) is 4.79 Å². The molecule has 3 heterocycles. The molecule has 0 radical (unpaired) electrons. The second kappa shape index (κ2) is 6.55. The minimum atomic E-state index is -0.0589. The SMILES string of the molecule is Cc1ccnn1C[C@H](C)CNC(=O)c1cc(C2CC2)nc2c1cnn2C. The van der Waals surface area contributed by atoms with Crippen LogP contribution in [0.1, 0.15) is 47.4 Å². The van der Waals surface area contributed by atoms with E-state index < -0.39 is 0 Å². The predicted molar refractivity (Wildman–Crippen MR) is 98.9 cm³/mol. The molecule has 4 rings (SSSR count). The van der Waals surface area contributed by atoms with Crippen LogP contribution in [0.4, 0.5) is 0 Å². The summed E-state index contributed by atoms with van der Waals surface area (Å²) in [4.78, 5) is 17.5. The minimum Gasteiger partial charge on any atom is -0.352 e. The molecule has 26 heavy (non-hydrogen) atoms. The van der Waals surface area contributed by atoms with Crippen LogP contribution in [0, 0.1) is 12.8 Å². The molecule has 1 aliphatic carbocycles. The lowest BCUT2D eigenvalue weighted by molar-refractivity contribution is 0.0948. The second-order valence-corrected chi connectivity index (χ2v) is 7.34. The van der Waals surface area contributed by atoms with E-state index in [1.165, 1.54) is 0 Å². The van der Waals surface area contributed by atoms with Gasteiger partial charge in [-0.3, -0.25) is 14.2 Å². The number of hydrogen-bond donors (Lipinski definition) is 1. The molecule has 136 valence electrons. The molecule has 1 aliphatic rings. The number of amides is 1. The molecule has 7 nitrogen and oxygen atoms in total. The van der Waals surface area contributed by atoms with Gasteiger partial charge in [0.15, 0.2) is 5.65 Å². The summed E-state index contributed by atoms with van der Waals surface area (Å²) in [7, 11) is 1.86. The summed E-state index contributed by atoms with van der Waals surface area (Å²) in [6, 6.07) is 3.93. The lowest BCUT2D eigenvalue weighted by Crippen LogP contribution is -2.30. The second-order valence-electron chi connectivity index (χ2n) is 7.34. The van der Waals surface area contributed by atoms with E-state index >= 15 is 0 Å². The Labute approximate surface area is 152 Å². The number of rotatable bonds is 6. The fourth-order valence-corrected chi connectivity index (χ4v) is 3.22. The molecule has 3 aromatic rings. The van der Waals surface area contributed by atoms with Crippen LogP contribution in [0.25, 0.3) is 11.0 Å². The number of hydrogen-bond acceptors (Lipinski definition) is 4. The van der Waals surface area contributed by atoms with Gasteiger partial charge < -0.3 is 5.32 Å². The van der Waals surface area contributed by atoms with Crippen LogP contribution in [0.15, 0.2) is 24.5 Å². The minimum absolute atomic E-state index is 0.0589. The molecule has 0 spiro atoms. The van der Waals surface area contributed by atoms with Crippen molar-refractivity contribution in [3.05, 3.63) is 41.5 Å². The Bertz CT molecular complexity index is 952. The summed E-state index contributed by atoms with van der Waals surface area (Å²) in [5, 5.41) is 12.5. The summed E-state index contributed by atoms with van der Waals surface area (Å²) in [5.74, 6) is 0.714. The van der Waals surface area contributed by atoms with E-state index in [-0.39, 0.29) is 11.8 Å². The van der Waals surface area contributed by atoms with E-state index in [4.69, 9.17) is 4.98 Å². The van der Waals surface area contributed by atoms with Gasteiger partial charge in [-0.15, -0.1) is 0 Å². The monoisotopic (exact) mass is 352 g/mol. The zero-order valence-corrected chi connectivity index (χ0v) is 15.4. The maximum atomic E-state index is 12.8. The Balaban J connectivity index is 1.50. The number of nitrogens with zero attached hydrogens (tertiary/aromatic N) is 5. The molecule has 1 fully saturated rings. The van der Waals surface area contributed by atoms with Gasteiger partial charge in [0.05, 0.1) is 17.1 Å². The molecule has 0 unspecified atom stereocenters. The standard InChI is InChI=1S/C19H24N6O/c1-12(11-25-13(2)6-7-21-25)9-20-19(26)15-8-17(14-4-5-14)23-18-16(15)10-22-24(18)3/h6-8,10,12,14H,4-5,9,11H2,1-3H3,(H,20,26)/t12-/m1/s1. The maximum absolute atomic E-state index is 12.8. The van der Waals surface area contributed by atoms with Crippen molar-refractivity contribution in [1.82, 2.24) is 29.9 Å². The van der Waals surface area contributed by atoms with E-state index in [2.05, 4.69) is 22.4 Å². The molecule has 0 saturated heterocycles. The highest BCUT2D eigenvalue weighted by Crippen LogP contribution is 2.40. The van der Waals surface area contributed by atoms with Gasteiger partial charge in [-0.25, -0.2) is 4.98 Å². The van der Waals surface area contributed by atoms with Crippen LogP contribution >= 0.6 is 0 Å². The summed E-state index contributed by atoms with van der Waals surface area (Å²) in [5.41, 5.74) is 3.59. The zero-order valence-electron chi connectivity index (χ0n) is 15.4. The van der Waals surface area contributed by atoms with Gasteiger partial charge in [0, 0.05) is 43.6 Å². The van der Waals surface area contributed by atoms with Gasteiger partial charge in [-0.1, -0.05) is 6.92 Å². The molecule has 1 saturated carbocycles. The molecule has 1 atom stereocenters. The van der Waals surface area contributed by atoms with Crippen molar-refractivity contribution in [3.8, 4) is 0 Å². The first kappa shape index (κ1) is 16.8. The van der Waals surface area contributed by atoms with E-state index in [1.807, 2.05) is 30.8 Å². The maximum Gasteiger partial charge on any atom is 0.252 e. The highest BCUT2D eigenvalue weighted by Gasteiger charge is 2.27. The van der Waals surface area contributed by atoms with Crippen molar-refractivity contribution in [3.63, 3.8) is 0 Å². The van der Waals surface area contributed by atoms with Crippen molar-refractivity contribution < 1.29 is 4.79 Å². The average Bonchev–Trinajstić information content (AvgIpc) is 3.32. The third-order valence-corrected chi connectivity index (χ3v) is 4.99. The molecule has 1 amide bonds. The molecule has 7 heteroatoms. The van der Waals surface area contributed by atoms with E-state index in [0.29, 0.717) is 18.0 Å². The summed E-state index contributed by atoms with van der Waals surface area (Å²) < 4.78 is 3.70. The van der Waals surface area contributed by atoms with Gasteiger partial charge in [0.2, 0.25) is 0 Å². The van der Waals surface area contributed by atoms with E-state index in [0.717, 1.165) is 41.8 Å². The fourth-order valence-electron chi connectivity index (χ4n) is 3.22. The molecule has 0 bridgehead atoms. The lowest BCUT2D eigenvalue weighted by atomic mass is 10.1. The van der Waals surface area contributed by atoms with Crippen molar-refractivity contribution in [2.24, 2.45) is 13.0 Å². The largest absolute Gasteiger partial charge is 0.352 e. The molecule has 0 aliphatic heterocycles. The van der Waals surface area contributed by atoms with E-state index in [1.54, 1.807) is 17.1 Å². The Hall–Kier alpha value is -2.70. The van der Waals surface area contributed by atoms with Crippen molar-refractivity contribution in [2.75, 3.05) is 6.54 Å². The number of nitrogens with one attached hydrogen (secondary N) is 1. The molecule has 3 aromatic heterocycles. The number of aromatic nitrogens is 5. The number of aryl methyl sites for hydroxylation is 2. The quantitative estimate of drug-likeness (QED) is 0.739. The first-order valence-electron chi connectivity index (χ1n) is 9.12. The van der Waals surface area contributed by atoms with Gasteiger partial charge >= 0.3 is 0 Å². The third-order valence-electron chi connectivity index (χ3n) is 4.99. The summed E-state index contributed by atoms with van der Waals surface area (Å²) >= 11 is 0. The van der Waals surface area contributed by atoms with Crippen molar-refractivity contribution in [2.45, 2.75) is 39.2 Å². The summed E-state index contributed by atoms with van der Waals surface area (Å²) in [6.45, 7) is 5.53. The molecule has 1 N–H and O–H groups in total. The normalized spacial score (nSPS) is 15.3. The van der Waals surface area contributed by atoms with Gasteiger partial charge in [-0.2, -0.15) is 10.2 Å². The average molecular weight is 352 g/mol. The van der Waals surface area contributed by atoms with Gasteiger partial charge in [0.1, 0.15) is 0 Å². The van der Waals surface area contributed by atoms with Crippen LogP contribution < -0.4 is 5.32 Å². The van der Waals surface area contributed by atoms with Crippen LogP contribution in [0.2, 0.25) is 0 Å². The summed E-state index contributed by atoms with van der Waals surface area (Å²) in [6.07, 6.45) is 5.83. The van der Waals surface area contributed by atoms with Crippen molar-refractivity contribution >= 4 is 16.9 Å². The van der Waals surface area contributed by atoms with Crippen LogP contribution in [0.5, 0.6) is 0 Å². The van der Waals surface area contributed by atoms with Crippen LogP contribution in [0.3, 0.4) is 0 Å². The number of carbonyl (C=O) groups excluding carboxylic acids is 1.